The van der Waals surface area contributed by atoms with Gasteiger partial charge in [0.15, 0.2) is 0 Å². The fourth-order valence-electron chi connectivity index (χ4n) is 3.74. The fourth-order valence-corrected chi connectivity index (χ4v) is 3.74. The Bertz CT molecular complexity index is 871. The van der Waals surface area contributed by atoms with Gasteiger partial charge in [0.05, 0.1) is 13.2 Å². The summed E-state index contributed by atoms with van der Waals surface area (Å²) in [5.74, 6) is 1.12. The molecule has 1 aliphatic heterocycles. The molecule has 1 aliphatic rings. The Morgan fingerprint density at radius 3 is 2.52 bits per heavy atom. The first kappa shape index (κ1) is 15.9. The number of aromatic hydroxyl groups is 1. The Morgan fingerprint density at radius 1 is 1.04 bits per heavy atom. The lowest BCUT2D eigenvalue weighted by Crippen LogP contribution is -2.26. The number of nitrogens with zero attached hydrogens (tertiary/aromatic N) is 2. The first-order chi connectivity index (χ1) is 12.3. The largest absolute Gasteiger partial charge is 0.505 e. The van der Waals surface area contributed by atoms with E-state index in [9.17, 15) is 5.11 Å². The molecule has 4 nitrogen and oxygen atoms in total. The van der Waals surface area contributed by atoms with Crippen molar-refractivity contribution in [2.24, 2.45) is 0 Å². The number of ether oxygens (including phenoxy) is 1. The molecular formula is C21H22N2O2. The third kappa shape index (κ3) is 2.94. The summed E-state index contributed by atoms with van der Waals surface area (Å²) in [6, 6.07) is 16.1. The molecule has 1 N–H and O–H groups in total. The van der Waals surface area contributed by atoms with Crippen LogP contribution < -0.4 is 4.74 Å². The number of likely N-dealkylation sites (tertiary alicyclic amines) is 1. The van der Waals surface area contributed by atoms with Crippen LogP contribution >= 0.6 is 0 Å². The highest BCUT2D eigenvalue weighted by atomic mass is 16.5. The van der Waals surface area contributed by atoms with Crippen molar-refractivity contribution in [3.63, 3.8) is 0 Å². The lowest BCUT2D eigenvalue weighted by Gasteiger charge is -2.29. The van der Waals surface area contributed by atoms with E-state index in [4.69, 9.17) is 4.74 Å². The van der Waals surface area contributed by atoms with Gasteiger partial charge in [0.1, 0.15) is 17.0 Å². The monoisotopic (exact) mass is 334 g/mol. The number of rotatable bonds is 4. The van der Waals surface area contributed by atoms with Gasteiger partial charge in [-0.3, -0.25) is 9.88 Å². The zero-order chi connectivity index (χ0) is 17.2. The Kier molecular flexibility index (Phi) is 4.28. The van der Waals surface area contributed by atoms with Crippen LogP contribution in [0.5, 0.6) is 11.5 Å². The molecule has 4 rings (SSSR count). The van der Waals surface area contributed by atoms with Gasteiger partial charge in [0.25, 0.3) is 0 Å². The third-order valence-electron chi connectivity index (χ3n) is 5.01. The van der Waals surface area contributed by atoms with E-state index in [0.29, 0.717) is 5.52 Å². The molecule has 1 atom stereocenters. The molecule has 0 saturated carbocycles. The molecule has 2 heterocycles. The van der Waals surface area contributed by atoms with Crippen molar-refractivity contribution < 1.29 is 9.84 Å². The van der Waals surface area contributed by atoms with Gasteiger partial charge >= 0.3 is 0 Å². The molecule has 1 saturated heterocycles. The van der Waals surface area contributed by atoms with Gasteiger partial charge in [0.2, 0.25) is 0 Å². The van der Waals surface area contributed by atoms with Gasteiger partial charge in [-0.05, 0) is 49.7 Å². The van der Waals surface area contributed by atoms with E-state index in [2.05, 4.69) is 22.0 Å². The van der Waals surface area contributed by atoms with Gasteiger partial charge in [0, 0.05) is 17.1 Å². The highest BCUT2D eigenvalue weighted by Crippen LogP contribution is 2.39. The lowest BCUT2D eigenvalue weighted by molar-refractivity contribution is 0.275. The zero-order valence-electron chi connectivity index (χ0n) is 14.4. The van der Waals surface area contributed by atoms with Crippen molar-refractivity contribution in [3.8, 4) is 11.5 Å². The number of hydrogen-bond donors (Lipinski definition) is 1. The molecule has 0 unspecified atom stereocenters. The van der Waals surface area contributed by atoms with Crippen LogP contribution in [0.3, 0.4) is 0 Å². The second kappa shape index (κ2) is 6.73. The van der Waals surface area contributed by atoms with Crippen LogP contribution in [0.4, 0.5) is 0 Å². The average molecular weight is 334 g/mol. The highest BCUT2D eigenvalue weighted by Gasteiger charge is 2.28. The minimum Gasteiger partial charge on any atom is -0.505 e. The first-order valence-electron chi connectivity index (χ1n) is 8.72. The number of phenolic OH excluding ortho intramolecular Hbond substituents is 1. The van der Waals surface area contributed by atoms with E-state index in [0.717, 1.165) is 35.4 Å². The number of fused-ring (bicyclic) bond motifs is 1. The molecule has 128 valence electrons. The Balaban J connectivity index is 1.84. The fraction of sp³-hybridized carbons (Fsp3) is 0.286. The van der Waals surface area contributed by atoms with Gasteiger partial charge in [-0.2, -0.15) is 0 Å². The summed E-state index contributed by atoms with van der Waals surface area (Å²) >= 11 is 0. The molecule has 4 heteroatoms. The van der Waals surface area contributed by atoms with E-state index >= 15 is 0 Å². The first-order valence-corrected chi connectivity index (χ1v) is 8.72. The summed E-state index contributed by atoms with van der Waals surface area (Å²) < 4.78 is 5.29. The summed E-state index contributed by atoms with van der Waals surface area (Å²) in [5, 5.41) is 11.9. The molecule has 0 amide bonds. The second-order valence-electron chi connectivity index (χ2n) is 6.50. The minimum absolute atomic E-state index is 0.0276. The minimum atomic E-state index is 0.0276. The maximum Gasteiger partial charge on any atom is 0.146 e. The van der Waals surface area contributed by atoms with Crippen LogP contribution in [0.2, 0.25) is 0 Å². The standard InChI is InChI=1S/C21H22N2O2/c1-25-17-9-6-16(7-10-17)20(23-13-2-3-14-23)18-11-8-15-5-4-12-22-19(15)21(18)24/h4-12,20,24H,2-3,13-14H2,1H3/t20-/m1/s1. The number of benzene rings is 2. The predicted molar refractivity (Wildman–Crippen MR) is 99.1 cm³/mol. The predicted octanol–water partition coefficient (Wildman–Crippen LogP) is 4.13. The van der Waals surface area contributed by atoms with Crippen molar-refractivity contribution >= 4 is 10.9 Å². The number of methoxy groups -OCH3 is 1. The molecule has 1 aromatic heterocycles. The maximum absolute atomic E-state index is 10.9. The number of phenols is 1. The molecule has 0 bridgehead atoms. The van der Waals surface area contributed by atoms with E-state index in [1.165, 1.54) is 12.8 Å². The summed E-state index contributed by atoms with van der Waals surface area (Å²) in [5.41, 5.74) is 2.74. The second-order valence-corrected chi connectivity index (χ2v) is 6.50. The van der Waals surface area contributed by atoms with Crippen LogP contribution in [0, 0.1) is 0 Å². The molecule has 25 heavy (non-hydrogen) atoms. The van der Waals surface area contributed by atoms with Crippen LogP contribution in [-0.4, -0.2) is 35.2 Å². The van der Waals surface area contributed by atoms with Crippen LogP contribution in [0.15, 0.2) is 54.7 Å². The van der Waals surface area contributed by atoms with Crippen LogP contribution in [-0.2, 0) is 0 Å². The average Bonchev–Trinajstić information content (AvgIpc) is 3.19. The third-order valence-corrected chi connectivity index (χ3v) is 5.01. The molecular weight excluding hydrogens is 312 g/mol. The van der Waals surface area contributed by atoms with Gasteiger partial charge in [-0.25, -0.2) is 0 Å². The summed E-state index contributed by atoms with van der Waals surface area (Å²) in [4.78, 5) is 6.82. The number of hydrogen-bond acceptors (Lipinski definition) is 4. The quantitative estimate of drug-likeness (QED) is 0.779. The molecule has 3 aromatic rings. The zero-order valence-corrected chi connectivity index (χ0v) is 14.4. The molecule has 2 aromatic carbocycles. The summed E-state index contributed by atoms with van der Waals surface area (Å²) in [6.45, 7) is 2.08. The van der Waals surface area contributed by atoms with E-state index in [-0.39, 0.29) is 11.8 Å². The Morgan fingerprint density at radius 2 is 1.80 bits per heavy atom. The van der Waals surface area contributed by atoms with Crippen LogP contribution in [0.25, 0.3) is 10.9 Å². The van der Waals surface area contributed by atoms with Gasteiger partial charge in [-0.15, -0.1) is 0 Å². The lowest BCUT2D eigenvalue weighted by atomic mass is 9.95. The highest BCUT2D eigenvalue weighted by molar-refractivity contribution is 5.85. The summed E-state index contributed by atoms with van der Waals surface area (Å²) in [6.07, 6.45) is 4.11. The normalized spacial score (nSPS) is 16.2. The molecule has 1 fully saturated rings. The summed E-state index contributed by atoms with van der Waals surface area (Å²) in [7, 11) is 1.67. The Hall–Kier alpha value is -2.59. The van der Waals surface area contributed by atoms with E-state index in [1.807, 2.05) is 36.4 Å². The SMILES string of the molecule is COc1ccc([C@H](c2ccc3cccnc3c2O)N2CCCC2)cc1. The van der Waals surface area contributed by atoms with Crippen molar-refractivity contribution in [1.82, 2.24) is 9.88 Å². The van der Waals surface area contributed by atoms with Crippen molar-refractivity contribution in [2.45, 2.75) is 18.9 Å². The van der Waals surface area contributed by atoms with Gasteiger partial charge < -0.3 is 9.84 Å². The number of aromatic nitrogens is 1. The smallest absolute Gasteiger partial charge is 0.146 e. The topological polar surface area (TPSA) is 45.6 Å². The Labute approximate surface area is 147 Å². The van der Waals surface area contributed by atoms with Gasteiger partial charge in [-0.1, -0.05) is 30.3 Å². The number of pyridine rings is 1. The van der Waals surface area contributed by atoms with Crippen molar-refractivity contribution in [3.05, 3.63) is 65.9 Å². The molecule has 0 spiro atoms. The van der Waals surface area contributed by atoms with E-state index < -0.39 is 0 Å². The molecule has 0 aliphatic carbocycles. The van der Waals surface area contributed by atoms with Crippen molar-refractivity contribution in [1.29, 1.82) is 0 Å². The van der Waals surface area contributed by atoms with Crippen molar-refractivity contribution in [2.75, 3.05) is 20.2 Å². The maximum atomic E-state index is 10.9. The molecule has 0 radical (unpaired) electrons. The van der Waals surface area contributed by atoms with E-state index in [1.54, 1.807) is 13.3 Å². The van der Waals surface area contributed by atoms with Crippen LogP contribution in [0.1, 0.15) is 30.0 Å².